The molecule has 2 atom stereocenters. The number of furan rings is 1. The average molecular weight is 543 g/mol. The van der Waals surface area contributed by atoms with Crippen LogP contribution in [0.2, 0.25) is 0 Å². The highest BCUT2D eigenvalue weighted by molar-refractivity contribution is 6.35. The van der Waals surface area contributed by atoms with Gasteiger partial charge in [-0.05, 0) is 80.4 Å². The maximum absolute atomic E-state index is 13.3. The lowest BCUT2D eigenvalue weighted by molar-refractivity contribution is -0.125. The van der Waals surface area contributed by atoms with Gasteiger partial charge in [0.2, 0.25) is 0 Å². The maximum Gasteiger partial charge on any atom is 0.261 e. The number of aromatic amines is 1. The topological polar surface area (TPSA) is 136 Å². The molecule has 40 heavy (non-hydrogen) atoms. The number of carbonyl (C=O) groups is 3. The van der Waals surface area contributed by atoms with Gasteiger partial charge in [0, 0.05) is 28.2 Å². The molecule has 0 bridgehead atoms. The molecule has 5 rings (SSSR count). The van der Waals surface area contributed by atoms with Crippen LogP contribution in [-0.2, 0) is 9.59 Å². The fourth-order valence-corrected chi connectivity index (χ4v) is 4.61. The third-order valence-corrected chi connectivity index (χ3v) is 6.86. The molecule has 204 valence electrons. The molecule has 4 aromatic rings. The summed E-state index contributed by atoms with van der Waals surface area (Å²) in [4.78, 5) is 41.6. The fraction of sp³-hybridized carbons (Fsp3) is 0.167. The number of benzene rings is 2. The minimum absolute atomic E-state index is 0.122. The highest BCUT2D eigenvalue weighted by Gasteiger charge is 2.27. The van der Waals surface area contributed by atoms with E-state index >= 15 is 0 Å². The lowest BCUT2D eigenvalue weighted by Crippen LogP contribution is -2.26. The van der Waals surface area contributed by atoms with Gasteiger partial charge >= 0.3 is 0 Å². The Kier molecular flexibility index (Phi) is 7.10. The lowest BCUT2D eigenvalue weighted by Gasteiger charge is -2.15. The predicted octanol–water partition coefficient (Wildman–Crippen LogP) is 5.02. The van der Waals surface area contributed by atoms with Gasteiger partial charge in [-0.15, -0.1) is 0 Å². The zero-order valence-corrected chi connectivity index (χ0v) is 22.0. The molecule has 0 spiro atoms. The van der Waals surface area contributed by atoms with Crippen LogP contribution in [0, 0.1) is 19.7 Å². The summed E-state index contributed by atoms with van der Waals surface area (Å²) in [6.45, 7) is 5.34. The Bertz CT molecular complexity index is 1640. The zero-order chi connectivity index (χ0) is 28.6. The van der Waals surface area contributed by atoms with Crippen molar-refractivity contribution < 1.29 is 28.3 Å². The summed E-state index contributed by atoms with van der Waals surface area (Å²) in [5, 5.41) is 18.7. The van der Waals surface area contributed by atoms with E-state index < -0.39 is 12.0 Å². The largest absolute Gasteiger partial charge is 0.466 e. The number of aromatic nitrogens is 1. The van der Waals surface area contributed by atoms with Crippen LogP contribution in [0.4, 0.5) is 15.8 Å². The van der Waals surface area contributed by atoms with Crippen LogP contribution in [-0.4, -0.2) is 27.8 Å². The van der Waals surface area contributed by atoms with Gasteiger partial charge in [0.25, 0.3) is 17.7 Å². The van der Waals surface area contributed by atoms with Gasteiger partial charge < -0.3 is 30.5 Å². The first-order valence-corrected chi connectivity index (χ1v) is 12.6. The smallest absolute Gasteiger partial charge is 0.261 e. The van der Waals surface area contributed by atoms with Crippen molar-refractivity contribution in [3.63, 3.8) is 0 Å². The van der Waals surface area contributed by atoms with Crippen LogP contribution in [0.15, 0.2) is 65.3 Å². The van der Waals surface area contributed by atoms with Gasteiger partial charge in [-0.2, -0.15) is 0 Å². The number of rotatable bonds is 7. The number of aryl methyl sites for hydroxylation is 1. The molecule has 2 aromatic carbocycles. The number of amides is 3. The van der Waals surface area contributed by atoms with Crippen molar-refractivity contribution >= 4 is 40.7 Å². The third-order valence-electron chi connectivity index (χ3n) is 6.86. The Morgan fingerprint density at radius 3 is 2.55 bits per heavy atom. The van der Waals surface area contributed by atoms with Gasteiger partial charge in [0.1, 0.15) is 11.6 Å². The molecule has 3 heterocycles. The normalized spacial score (nSPS) is 14.9. The van der Waals surface area contributed by atoms with Gasteiger partial charge in [-0.1, -0.05) is 12.1 Å². The Morgan fingerprint density at radius 1 is 1.10 bits per heavy atom. The highest BCUT2D eigenvalue weighted by atomic mass is 19.1. The summed E-state index contributed by atoms with van der Waals surface area (Å²) in [5.41, 5.74) is 4.92. The van der Waals surface area contributed by atoms with E-state index in [9.17, 15) is 23.9 Å². The number of carbonyl (C=O) groups excluding carboxylic acids is 3. The molecule has 0 unspecified atom stereocenters. The van der Waals surface area contributed by atoms with Crippen LogP contribution in [0.25, 0.3) is 11.6 Å². The Balaban J connectivity index is 1.38. The summed E-state index contributed by atoms with van der Waals surface area (Å²) in [6.07, 6.45) is 1.55. The average Bonchev–Trinajstić information content (AvgIpc) is 3.64. The van der Waals surface area contributed by atoms with Crippen molar-refractivity contribution in [2.45, 2.75) is 32.9 Å². The van der Waals surface area contributed by atoms with E-state index in [1.807, 2.05) is 0 Å². The first-order valence-electron chi connectivity index (χ1n) is 12.6. The molecule has 0 saturated heterocycles. The van der Waals surface area contributed by atoms with Crippen LogP contribution < -0.4 is 16.0 Å². The summed E-state index contributed by atoms with van der Waals surface area (Å²) < 4.78 is 18.4. The van der Waals surface area contributed by atoms with Crippen molar-refractivity contribution in [2.24, 2.45) is 0 Å². The van der Waals surface area contributed by atoms with E-state index in [2.05, 4.69) is 20.9 Å². The minimum Gasteiger partial charge on any atom is -0.466 e. The molecule has 0 fully saturated rings. The molecule has 1 aliphatic heterocycles. The Hall–Kier alpha value is -4.96. The monoisotopic (exact) mass is 542 g/mol. The van der Waals surface area contributed by atoms with E-state index in [-0.39, 0.29) is 29.4 Å². The molecule has 9 nitrogen and oxygen atoms in total. The summed E-state index contributed by atoms with van der Waals surface area (Å²) in [6, 6.07) is 13.5. The quantitative estimate of drug-likeness (QED) is 0.209. The van der Waals surface area contributed by atoms with E-state index in [0.717, 1.165) is 5.56 Å². The molecular formula is C30H27FN4O5. The van der Waals surface area contributed by atoms with Crippen LogP contribution in [0.5, 0.6) is 0 Å². The first kappa shape index (κ1) is 26.6. The molecule has 0 aliphatic carbocycles. The molecule has 10 heteroatoms. The molecule has 5 N–H and O–H groups in total. The third kappa shape index (κ3) is 5.16. The second-order valence-corrected chi connectivity index (χ2v) is 9.59. The summed E-state index contributed by atoms with van der Waals surface area (Å²) >= 11 is 0. The SMILES string of the molecule is Cc1[nH]c(/C=C2\C(=O)Nc3ccc(C(=O)N[C@H](C)c4ccc(F)cc4)cc32)c(C)c1NC(=O)[C@H](O)c1ccco1. The van der Waals surface area contributed by atoms with Crippen molar-refractivity contribution in [2.75, 3.05) is 10.6 Å². The molecule has 2 aromatic heterocycles. The van der Waals surface area contributed by atoms with Gasteiger partial charge in [-0.3, -0.25) is 14.4 Å². The van der Waals surface area contributed by atoms with Crippen LogP contribution in [0.1, 0.15) is 63.3 Å². The number of H-pyrrole nitrogens is 1. The number of hydrogen-bond acceptors (Lipinski definition) is 5. The number of nitrogens with one attached hydrogen (secondary N) is 4. The highest BCUT2D eigenvalue weighted by Crippen LogP contribution is 2.36. The van der Waals surface area contributed by atoms with Crippen molar-refractivity contribution in [3.8, 4) is 0 Å². The second-order valence-electron chi connectivity index (χ2n) is 9.59. The van der Waals surface area contributed by atoms with Crippen molar-refractivity contribution in [1.29, 1.82) is 0 Å². The molecule has 0 saturated carbocycles. The second kappa shape index (κ2) is 10.7. The first-order chi connectivity index (χ1) is 19.1. The number of aliphatic hydroxyl groups is 1. The minimum atomic E-state index is -1.48. The number of anilines is 2. The number of halogens is 1. The van der Waals surface area contributed by atoms with Gasteiger partial charge in [-0.25, -0.2) is 4.39 Å². The van der Waals surface area contributed by atoms with E-state index in [1.165, 1.54) is 24.5 Å². The predicted molar refractivity (Wildman–Crippen MR) is 148 cm³/mol. The van der Waals surface area contributed by atoms with E-state index in [0.29, 0.717) is 45.0 Å². The van der Waals surface area contributed by atoms with Gasteiger partial charge in [0.15, 0.2) is 6.10 Å². The number of fused-ring (bicyclic) bond motifs is 1. The van der Waals surface area contributed by atoms with Gasteiger partial charge in [0.05, 0.1) is 23.6 Å². The zero-order valence-electron chi connectivity index (χ0n) is 22.0. The number of hydrogen-bond donors (Lipinski definition) is 5. The molecular weight excluding hydrogens is 515 g/mol. The fourth-order valence-electron chi connectivity index (χ4n) is 4.61. The van der Waals surface area contributed by atoms with E-state index in [4.69, 9.17) is 4.42 Å². The summed E-state index contributed by atoms with van der Waals surface area (Å²) in [5.74, 6) is -1.57. The Morgan fingerprint density at radius 2 is 1.85 bits per heavy atom. The van der Waals surface area contributed by atoms with E-state index in [1.54, 1.807) is 63.2 Å². The van der Waals surface area contributed by atoms with Crippen molar-refractivity contribution in [1.82, 2.24) is 10.3 Å². The Labute approximate surface area is 229 Å². The number of aliphatic hydroxyl groups excluding tert-OH is 1. The van der Waals surface area contributed by atoms with Crippen LogP contribution in [0.3, 0.4) is 0 Å². The van der Waals surface area contributed by atoms with Crippen LogP contribution >= 0.6 is 0 Å². The molecule has 3 amide bonds. The standard InChI is InChI=1S/C30H27FN4O5/c1-15-24(32-17(3)26(15)35-30(39)27(36)25-5-4-12-40-25)14-22-21-13-19(8-11-23(21)34-29(22)38)28(37)33-16(2)18-6-9-20(31)10-7-18/h4-14,16,27,32,36H,1-3H3,(H,33,37)(H,34,38)(H,35,39)/b22-14-/t16-,27-/m1/s1. The lowest BCUT2D eigenvalue weighted by atomic mass is 10.0. The maximum atomic E-state index is 13.3. The molecule has 0 radical (unpaired) electrons. The van der Waals surface area contributed by atoms with Crippen molar-refractivity contribution in [3.05, 3.63) is 106 Å². The molecule has 1 aliphatic rings. The summed E-state index contributed by atoms with van der Waals surface area (Å²) in [7, 11) is 0.